The highest BCUT2D eigenvalue weighted by molar-refractivity contribution is 5.85. The van der Waals surface area contributed by atoms with Gasteiger partial charge in [-0.05, 0) is 59.2 Å². The summed E-state index contributed by atoms with van der Waals surface area (Å²) >= 11 is 0. The summed E-state index contributed by atoms with van der Waals surface area (Å²) < 4.78 is 0. The summed E-state index contributed by atoms with van der Waals surface area (Å²) in [6.45, 7) is 4.25. The number of rotatable bonds is 4. The molecule has 0 amide bonds. The largest absolute Gasteiger partial charge is 0.344 e. The van der Waals surface area contributed by atoms with Gasteiger partial charge in [0, 0.05) is 24.8 Å². The molecule has 0 spiro atoms. The van der Waals surface area contributed by atoms with Gasteiger partial charge in [0.15, 0.2) is 0 Å². The molecular formula is C30H31N3. The second kappa shape index (κ2) is 10.6. The molecule has 0 saturated carbocycles. The summed E-state index contributed by atoms with van der Waals surface area (Å²) in [7, 11) is 2.14. The Bertz CT molecular complexity index is 1160. The normalized spacial score (nSPS) is 11.9. The van der Waals surface area contributed by atoms with Gasteiger partial charge in [-0.2, -0.15) is 5.10 Å². The van der Waals surface area contributed by atoms with Gasteiger partial charge >= 0.3 is 0 Å². The van der Waals surface area contributed by atoms with Crippen molar-refractivity contribution >= 4 is 29.0 Å². The lowest BCUT2D eigenvalue weighted by atomic mass is 9.95. The monoisotopic (exact) mass is 433 g/mol. The summed E-state index contributed by atoms with van der Waals surface area (Å²) in [5.41, 5.74) is 8.39. The molecule has 33 heavy (non-hydrogen) atoms. The summed E-state index contributed by atoms with van der Waals surface area (Å²) in [5.74, 6) is 0. The van der Waals surface area contributed by atoms with E-state index in [4.69, 9.17) is 5.10 Å². The Kier molecular flexibility index (Phi) is 7.21. The van der Waals surface area contributed by atoms with Crippen LogP contribution < -0.4 is 9.91 Å². The van der Waals surface area contributed by atoms with E-state index in [9.17, 15) is 0 Å². The van der Waals surface area contributed by atoms with Crippen LogP contribution in [0.2, 0.25) is 0 Å². The average Bonchev–Trinajstić information content (AvgIpc) is 2.86. The first-order chi connectivity index (χ1) is 16.2. The van der Waals surface area contributed by atoms with E-state index < -0.39 is 0 Å². The average molecular weight is 434 g/mol. The maximum atomic E-state index is 4.84. The summed E-state index contributed by atoms with van der Waals surface area (Å²) in [5, 5.41) is 6.81. The number of hydrogen-bond donors (Lipinski definition) is 0. The number of hydrazone groups is 1. The molecule has 5 rings (SSSR count). The molecule has 1 aliphatic rings. The lowest BCUT2D eigenvalue weighted by Gasteiger charge is -2.30. The molecule has 0 bridgehead atoms. The van der Waals surface area contributed by atoms with Crippen LogP contribution in [0.4, 0.5) is 22.7 Å². The van der Waals surface area contributed by atoms with Crippen LogP contribution in [0.1, 0.15) is 37.0 Å². The summed E-state index contributed by atoms with van der Waals surface area (Å²) in [6, 6.07) is 35.7. The van der Waals surface area contributed by atoms with E-state index in [0.29, 0.717) is 0 Å². The molecule has 0 radical (unpaired) electrons. The number of benzene rings is 4. The second-order valence-electron chi connectivity index (χ2n) is 8.19. The number of anilines is 4. The van der Waals surface area contributed by atoms with E-state index in [0.717, 1.165) is 23.4 Å². The molecule has 166 valence electrons. The van der Waals surface area contributed by atoms with Crippen molar-refractivity contribution in [3.63, 3.8) is 0 Å². The van der Waals surface area contributed by atoms with Crippen molar-refractivity contribution in [1.29, 1.82) is 0 Å². The third-order valence-corrected chi connectivity index (χ3v) is 5.52. The first-order valence-electron chi connectivity index (χ1n) is 11.6. The number of hydrogen-bond acceptors (Lipinski definition) is 3. The highest BCUT2D eigenvalue weighted by Crippen LogP contribution is 2.37. The second-order valence-corrected chi connectivity index (χ2v) is 8.19. The highest BCUT2D eigenvalue weighted by atomic mass is 15.5. The van der Waals surface area contributed by atoms with Crippen molar-refractivity contribution in [2.24, 2.45) is 5.10 Å². The third kappa shape index (κ3) is 5.15. The van der Waals surface area contributed by atoms with Crippen LogP contribution in [-0.4, -0.2) is 13.3 Å². The molecule has 0 aromatic heterocycles. The molecule has 0 N–H and O–H groups in total. The van der Waals surface area contributed by atoms with Crippen molar-refractivity contribution in [2.45, 2.75) is 26.7 Å². The quantitative estimate of drug-likeness (QED) is 0.240. The molecule has 3 heteroatoms. The van der Waals surface area contributed by atoms with E-state index in [1.54, 1.807) is 0 Å². The van der Waals surface area contributed by atoms with Gasteiger partial charge in [0.2, 0.25) is 0 Å². The molecule has 0 saturated heterocycles. The molecular weight excluding hydrogens is 402 g/mol. The Balaban J connectivity index is 0.000000821. The molecule has 1 heterocycles. The lowest BCUT2D eigenvalue weighted by molar-refractivity contribution is 1.05. The van der Waals surface area contributed by atoms with Crippen molar-refractivity contribution < 1.29 is 0 Å². The molecule has 3 nitrogen and oxygen atoms in total. The summed E-state index contributed by atoms with van der Waals surface area (Å²) in [4.78, 5) is 2.27. The maximum absolute atomic E-state index is 4.84. The Morgan fingerprint density at radius 2 is 1.27 bits per heavy atom. The maximum Gasteiger partial charge on any atom is 0.0652 e. The topological polar surface area (TPSA) is 18.8 Å². The lowest BCUT2D eigenvalue weighted by Crippen LogP contribution is -2.18. The van der Waals surface area contributed by atoms with Crippen LogP contribution in [0.3, 0.4) is 0 Å². The van der Waals surface area contributed by atoms with Gasteiger partial charge in [-0.3, -0.25) is 0 Å². The Morgan fingerprint density at radius 1 is 0.727 bits per heavy atom. The van der Waals surface area contributed by atoms with E-state index in [2.05, 4.69) is 92.5 Å². The first-order valence-corrected chi connectivity index (χ1v) is 11.6. The van der Waals surface area contributed by atoms with Crippen LogP contribution in [0.15, 0.2) is 108 Å². The molecule has 0 unspecified atom stereocenters. The van der Waals surface area contributed by atoms with Crippen LogP contribution in [0.5, 0.6) is 0 Å². The molecule has 1 aliphatic heterocycles. The predicted molar refractivity (Wildman–Crippen MR) is 142 cm³/mol. The van der Waals surface area contributed by atoms with E-state index >= 15 is 0 Å². The van der Waals surface area contributed by atoms with E-state index in [1.165, 1.54) is 28.9 Å². The van der Waals surface area contributed by atoms with Gasteiger partial charge in [0.05, 0.1) is 17.6 Å². The Labute approximate surface area is 197 Å². The van der Waals surface area contributed by atoms with Gasteiger partial charge in [-0.25, -0.2) is 5.01 Å². The molecule has 0 aliphatic carbocycles. The zero-order valence-corrected chi connectivity index (χ0v) is 19.6. The minimum atomic E-state index is 0.943. The highest BCUT2D eigenvalue weighted by Gasteiger charge is 2.19. The zero-order valence-electron chi connectivity index (χ0n) is 19.6. The Hall–Kier alpha value is -3.85. The number of para-hydroxylation sites is 3. The Morgan fingerprint density at radius 3 is 1.91 bits per heavy atom. The smallest absolute Gasteiger partial charge is 0.0652 e. The van der Waals surface area contributed by atoms with Crippen molar-refractivity contribution in [2.75, 3.05) is 17.0 Å². The molecule has 0 atom stereocenters. The van der Waals surface area contributed by atoms with Gasteiger partial charge < -0.3 is 4.90 Å². The fraction of sp³-hybridized carbons (Fsp3) is 0.167. The predicted octanol–water partition coefficient (Wildman–Crippen LogP) is 7.95. The SMILES string of the molecule is CCC.CN1c2ccccc2Cc2cc(C=NN(c3ccccc3)c3ccccc3)ccc21. The van der Waals surface area contributed by atoms with Gasteiger partial charge in [0.1, 0.15) is 0 Å². The molecule has 4 aromatic rings. The molecule has 0 fully saturated rings. The van der Waals surface area contributed by atoms with Crippen LogP contribution >= 0.6 is 0 Å². The van der Waals surface area contributed by atoms with E-state index in [-0.39, 0.29) is 0 Å². The van der Waals surface area contributed by atoms with Gasteiger partial charge in [-0.15, -0.1) is 0 Å². The third-order valence-electron chi connectivity index (χ3n) is 5.52. The van der Waals surface area contributed by atoms with Crippen molar-refractivity contribution in [1.82, 2.24) is 0 Å². The number of nitrogens with zero attached hydrogens (tertiary/aromatic N) is 3. The van der Waals surface area contributed by atoms with Gasteiger partial charge in [-0.1, -0.05) is 80.9 Å². The van der Waals surface area contributed by atoms with Crippen LogP contribution in [-0.2, 0) is 6.42 Å². The van der Waals surface area contributed by atoms with E-state index in [1.807, 2.05) is 47.6 Å². The van der Waals surface area contributed by atoms with Crippen LogP contribution in [0, 0.1) is 0 Å². The summed E-state index contributed by atoms with van der Waals surface area (Å²) in [6.07, 6.45) is 4.14. The standard InChI is InChI=1S/C27H23N3.C3H8/c1-29-26-15-9-8-10-22(26)19-23-18-21(16-17-27(23)29)20-28-30(24-11-4-2-5-12-24)25-13-6-3-7-14-25;1-3-2/h2-18,20H,19H2,1H3;3H2,1-2H3. The first kappa shape index (κ1) is 22.3. The zero-order chi connectivity index (χ0) is 23.0. The fourth-order valence-corrected chi connectivity index (χ4v) is 4.02. The fourth-order valence-electron chi connectivity index (χ4n) is 4.02. The minimum absolute atomic E-state index is 0.943. The number of fused-ring (bicyclic) bond motifs is 2. The van der Waals surface area contributed by atoms with Gasteiger partial charge in [0.25, 0.3) is 0 Å². The van der Waals surface area contributed by atoms with Crippen molar-refractivity contribution in [3.05, 3.63) is 120 Å². The minimum Gasteiger partial charge on any atom is -0.344 e. The molecule has 4 aromatic carbocycles. The van der Waals surface area contributed by atoms with Crippen molar-refractivity contribution in [3.8, 4) is 0 Å². The van der Waals surface area contributed by atoms with Crippen LogP contribution in [0.25, 0.3) is 0 Å².